The van der Waals surface area contributed by atoms with Gasteiger partial charge in [0.05, 0.1) is 20.5 Å². The number of hydrogen-bond acceptors (Lipinski definition) is 15. The predicted molar refractivity (Wildman–Crippen MR) is 82.9 cm³/mol. The van der Waals surface area contributed by atoms with Crippen LogP contribution in [0.15, 0.2) is 12.3 Å². The van der Waals surface area contributed by atoms with Crippen molar-refractivity contribution in [1.82, 2.24) is 9.55 Å². The summed E-state index contributed by atoms with van der Waals surface area (Å²) in [6.45, 7) is -0.902. The van der Waals surface area contributed by atoms with Crippen molar-refractivity contribution in [3.63, 3.8) is 0 Å². The quantitative estimate of drug-likeness (QED) is 0.188. The van der Waals surface area contributed by atoms with Crippen molar-refractivity contribution in [2.24, 2.45) is 0 Å². The third-order valence-corrected chi connectivity index (χ3v) is 7.13. The molecule has 1 aliphatic rings. The molecule has 5 unspecified atom stereocenters. The Hall–Kier alpha value is 1.82. The first kappa shape index (κ1) is 38.4. The molecule has 0 spiro atoms. The molecule has 0 amide bonds. The average molecular weight is 507 g/mol. The van der Waals surface area contributed by atoms with E-state index in [4.69, 9.17) is 22.7 Å². The first-order chi connectivity index (χ1) is 12.7. The van der Waals surface area contributed by atoms with Crippen LogP contribution in [0.5, 0.6) is 0 Å². The molecule has 3 N–H and O–H groups in total. The second kappa shape index (κ2) is 15.2. The van der Waals surface area contributed by atoms with E-state index in [-0.39, 0.29) is 92.5 Å². The summed E-state index contributed by atoms with van der Waals surface area (Å²) in [5.41, 5.74) is 5.47. The van der Waals surface area contributed by atoms with Crippen molar-refractivity contribution >= 4 is 41.5 Å². The molecule has 2 heterocycles. The SMILES string of the molecule is Nc1ccn(C2CC(O)C(COP(=O)([O-])OP(=O)([O-])OP(=O)([O-])[O-])O2)c(=S)n1.[Li+].[Li+].[Li+].[Li+]. The van der Waals surface area contributed by atoms with E-state index in [9.17, 15) is 38.4 Å². The van der Waals surface area contributed by atoms with E-state index in [0.29, 0.717) is 0 Å². The van der Waals surface area contributed by atoms with Gasteiger partial charge in [0.25, 0.3) is 15.6 Å². The molecule has 5 atom stereocenters. The van der Waals surface area contributed by atoms with Gasteiger partial charge in [0.15, 0.2) is 0 Å². The monoisotopic (exact) mass is 507 g/mol. The van der Waals surface area contributed by atoms with E-state index < -0.39 is 48.5 Å². The number of nitrogen functional groups attached to an aromatic ring is 1. The van der Waals surface area contributed by atoms with E-state index in [1.807, 2.05) is 0 Å². The number of hydrogen-bond donors (Lipinski definition) is 2. The van der Waals surface area contributed by atoms with Crippen molar-refractivity contribution in [2.45, 2.75) is 24.9 Å². The third kappa shape index (κ3) is 12.7. The summed E-state index contributed by atoms with van der Waals surface area (Å²) in [4.78, 5) is 46.9. The number of phosphoric ester groups is 1. The first-order valence-electron chi connectivity index (χ1n) is 7.07. The van der Waals surface area contributed by atoms with Crippen LogP contribution in [-0.4, -0.2) is 33.5 Å². The smallest absolute Gasteiger partial charge is 0.790 e. The Morgan fingerprint density at radius 2 is 1.72 bits per heavy atom. The number of aliphatic hydroxyl groups is 1. The predicted octanol–water partition coefficient (Wildman–Crippen LogP) is -14.3. The van der Waals surface area contributed by atoms with Crippen LogP contribution in [0.2, 0.25) is 0 Å². The molecule has 0 aliphatic carbocycles. The molecule has 0 saturated carbocycles. The molecule has 1 aromatic rings. The van der Waals surface area contributed by atoms with E-state index in [0.717, 1.165) is 0 Å². The Bertz CT molecular complexity index is 936. The van der Waals surface area contributed by atoms with Crippen LogP contribution in [-0.2, 0) is 31.6 Å². The van der Waals surface area contributed by atoms with Crippen molar-refractivity contribution in [3.05, 3.63) is 17.0 Å². The van der Waals surface area contributed by atoms with Gasteiger partial charge in [0, 0.05) is 12.6 Å². The van der Waals surface area contributed by atoms with Gasteiger partial charge in [0.1, 0.15) is 18.1 Å². The maximum absolute atomic E-state index is 11.5. The van der Waals surface area contributed by atoms with Crippen LogP contribution in [0.3, 0.4) is 0 Å². The molecule has 1 fully saturated rings. The molecule has 23 heteroatoms. The third-order valence-electron chi connectivity index (χ3n) is 3.16. The van der Waals surface area contributed by atoms with E-state index >= 15 is 0 Å². The maximum Gasteiger partial charge on any atom is 1.00 e. The Kier molecular flexibility index (Phi) is 18.2. The van der Waals surface area contributed by atoms with Gasteiger partial charge in [-0.25, -0.2) is 9.29 Å². The second-order valence-electron chi connectivity index (χ2n) is 5.28. The number of nitrogens with zero attached hydrogens (tertiary/aromatic N) is 2. The minimum Gasteiger partial charge on any atom is -0.790 e. The molecule has 0 radical (unpaired) electrons. The molecule has 15 nitrogen and oxygen atoms in total. The molecule has 160 valence electrons. The summed E-state index contributed by atoms with van der Waals surface area (Å²) in [5, 5.41) is 9.96. The zero-order valence-corrected chi connectivity index (χ0v) is 21.0. The van der Waals surface area contributed by atoms with Gasteiger partial charge in [-0.05, 0) is 18.3 Å². The number of phosphoric acid groups is 3. The fraction of sp³-hybridized carbons (Fsp3) is 0.556. The van der Waals surface area contributed by atoms with Gasteiger partial charge in [-0.2, -0.15) is 0 Å². The molecule has 1 aromatic heterocycles. The van der Waals surface area contributed by atoms with Gasteiger partial charge < -0.3 is 44.2 Å². The molecule has 2 rings (SSSR count). The molecule has 1 saturated heterocycles. The Labute approximate surface area is 235 Å². The number of nitrogens with two attached hydrogens (primary N) is 1. The van der Waals surface area contributed by atoms with Crippen LogP contribution >= 0.6 is 35.7 Å². The molecule has 1 aliphatic heterocycles. The van der Waals surface area contributed by atoms with Gasteiger partial charge in [-0.1, -0.05) is 0 Å². The fourth-order valence-electron chi connectivity index (χ4n) is 2.13. The minimum absolute atomic E-state index is 0. The largest absolute Gasteiger partial charge is 1.00 e. The van der Waals surface area contributed by atoms with Gasteiger partial charge in [-0.3, -0.25) is 18.0 Å². The minimum atomic E-state index is -6.08. The standard InChI is InChI=1S/C9H16N3O12P3S.4Li/c10-7-1-2-12(9(28)11-7)8-3-5(13)6(22-8)4-21-26(17,18)24-27(19,20)23-25(14,15)16;;;;/h1-2,5-6,8,13H,3-4H2,(H,17,18)(H,19,20)(H2,10,11,28)(H2,14,15,16);;;;/q;4*+1/p-4. The van der Waals surface area contributed by atoms with Gasteiger partial charge in [0.2, 0.25) is 4.77 Å². The summed E-state index contributed by atoms with van der Waals surface area (Å²) < 4.78 is 50.3. The zero-order chi connectivity index (χ0) is 21.3. The summed E-state index contributed by atoms with van der Waals surface area (Å²) >= 11 is 4.99. The van der Waals surface area contributed by atoms with Crippen LogP contribution in [0.25, 0.3) is 0 Å². The van der Waals surface area contributed by atoms with Crippen molar-refractivity contribution in [1.29, 1.82) is 0 Å². The zero-order valence-electron chi connectivity index (χ0n) is 17.5. The van der Waals surface area contributed by atoms with E-state index in [1.165, 1.54) is 16.8 Å². The molecule has 32 heavy (non-hydrogen) atoms. The molecule has 0 bridgehead atoms. The summed E-state index contributed by atoms with van der Waals surface area (Å²) in [7, 11) is -17.8. The summed E-state index contributed by atoms with van der Waals surface area (Å²) in [6, 6.07) is 1.41. The van der Waals surface area contributed by atoms with E-state index in [2.05, 4.69) is 18.1 Å². The first-order valence-corrected chi connectivity index (χ1v) is 11.9. The number of ether oxygens (including phenoxy) is 1. The normalized spacial score (nSPS) is 23.8. The molecule has 0 aromatic carbocycles. The van der Waals surface area contributed by atoms with Gasteiger partial charge >= 0.3 is 75.4 Å². The summed E-state index contributed by atoms with van der Waals surface area (Å²) in [6.07, 6.45) is -1.97. The topological polar surface area (TPSA) is 244 Å². The van der Waals surface area contributed by atoms with Crippen LogP contribution in [0, 0.1) is 4.77 Å². The van der Waals surface area contributed by atoms with E-state index in [1.54, 1.807) is 0 Å². The number of anilines is 1. The average Bonchev–Trinajstić information content (AvgIpc) is 2.82. The van der Waals surface area contributed by atoms with Gasteiger partial charge in [-0.15, -0.1) is 0 Å². The van der Waals surface area contributed by atoms with Crippen molar-refractivity contribution < 1.29 is 132 Å². The maximum atomic E-state index is 11.5. The van der Waals surface area contributed by atoms with Crippen molar-refractivity contribution in [2.75, 3.05) is 12.3 Å². The molecular formula is C9H12Li4N3O12P3S. The Morgan fingerprint density at radius 1 is 1.16 bits per heavy atom. The van der Waals surface area contributed by atoms with Crippen LogP contribution < -0.4 is 101 Å². The Balaban J connectivity index is -0.00000210. The van der Waals surface area contributed by atoms with Crippen LogP contribution in [0.4, 0.5) is 5.82 Å². The van der Waals surface area contributed by atoms with Crippen LogP contribution in [0.1, 0.15) is 12.6 Å². The number of aromatic nitrogens is 2. The summed E-state index contributed by atoms with van der Waals surface area (Å²) in [5.74, 6) is 0.147. The second-order valence-corrected chi connectivity index (χ2v) is 9.89. The molecular weight excluding hydrogens is 495 g/mol. The fourth-order valence-corrected chi connectivity index (χ4v) is 5.28. The number of aliphatic hydroxyl groups excluding tert-OH is 1. The Morgan fingerprint density at radius 3 is 2.22 bits per heavy atom. The number of rotatable bonds is 8. The van der Waals surface area contributed by atoms with Crippen molar-refractivity contribution in [3.8, 4) is 0 Å².